The van der Waals surface area contributed by atoms with Gasteiger partial charge >= 0.3 is 12.3 Å². The highest BCUT2D eigenvalue weighted by Gasteiger charge is 2.58. The Bertz CT molecular complexity index is 847. The van der Waals surface area contributed by atoms with Gasteiger partial charge in [0.2, 0.25) is 0 Å². The average Bonchev–Trinajstić information content (AvgIpc) is 2.72. The number of carbonyl (C=O) groups excluding carboxylic acids is 2. The summed E-state index contributed by atoms with van der Waals surface area (Å²) in [5, 5.41) is 0. The van der Waals surface area contributed by atoms with Gasteiger partial charge in [-0.15, -0.1) is 0 Å². The molecule has 3 aliphatic carbocycles. The molecule has 33 heavy (non-hydrogen) atoms. The minimum Gasteiger partial charge on any atom is -0.444 e. The Morgan fingerprint density at radius 1 is 1.12 bits per heavy atom. The van der Waals surface area contributed by atoms with E-state index in [1.807, 2.05) is 25.7 Å². The highest BCUT2D eigenvalue weighted by atomic mass is 19.4. The van der Waals surface area contributed by atoms with Gasteiger partial charge < -0.3 is 14.4 Å². The number of aldehydes is 1. The first-order chi connectivity index (χ1) is 15.2. The van der Waals surface area contributed by atoms with Crippen LogP contribution in [0.15, 0.2) is 24.3 Å². The van der Waals surface area contributed by atoms with Gasteiger partial charge in [0.1, 0.15) is 11.9 Å². The van der Waals surface area contributed by atoms with Crippen LogP contribution in [0, 0.1) is 11.3 Å². The van der Waals surface area contributed by atoms with E-state index in [2.05, 4.69) is 13.8 Å². The summed E-state index contributed by atoms with van der Waals surface area (Å²) >= 11 is 0. The lowest BCUT2D eigenvalue weighted by Crippen LogP contribution is -2.63. The van der Waals surface area contributed by atoms with Crippen LogP contribution in [-0.4, -0.2) is 35.0 Å². The van der Waals surface area contributed by atoms with E-state index in [9.17, 15) is 22.8 Å². The first-order valence-corrected chi connectivity index (χ1v) is 11.9. The lowest BCUT2D eigenvalue weighted by atomic mass is 9.51. The number of nitrogens with zero attached hydrogens (tertiary/aromatic N) is 1. The van der Waals surface area contributed by atoms with Crippen LogP contribution in [0.4, 0.5) is 18.0 Å². The van der Waals surface area contributed by atoms with Gasteiger partial charge in [0, 0.05) is 17.9 Å². The van der Waals surface area contributed by atoms with Gasteiger partial charge in [-0.3, -0.25) is 0 Å². The Labute approximate surface area is 194 Å². The van der Waals surface area contributed by atoms with Crippen molar-refractivity contribution < 1.29 is 27.5 Å². The Balaban J connectivity index is 2.04. The van der Waals surface area contributed by atoms with Crippen molar-refractivity contribution in [1.82, 2.24) is 4.90 Å². The van der Waals surface area contributed by atoms with Gasteiger partial charge in [-0.2, -0.15) is 13.2 Å². The fourth-order valence-electron chi connectivity index (χ4n) is 5.49. The van der Waals surface area contributed by atoms with Gasteiger partial charge in [-0.05, 0) is 82.9 Å². The molecule has 4 nitrogen and oxygen atoms in total. The number of amides is 1. The smallest absolute Gasteiger partial charge is 0.416 e. The van der Waals surface area contributed by atoms with Crippen LogP contribution in [0.25, 0.3) is 0 Å². The molecule has 0 heterocycles. The zero-order valence-electron chi connectivity index (χ0n) is 20.3. The number of benzene rings is 1. The molecule has 0 spiro atoms. The number of carbonyl (C=O) groups is 2. The normalized spacial score (nSPS) is 27.5. The van der Waals surface area contributed by atoms with E-state index in [0.717, 1.165) is 30.4 Å². The first-order valence-electron chi connectivity index (χ1n) is 11.9. The summed E-state index contributed by atoms with van der Waals surface area (Å²) in [6, 6.07) is 5.24. The minimum atomic E-state index is -4.41. The van der Waals surface area contributed by atoms with Crippen LogP contribution < -0.4 is 0 Å². The summed E-state index contributed by atoms with van der Waals surface area (Å²) in [7, 11) is 0. The Hall–Kier alpha value is -2.05. The maximum Gasteiger partial charge on any atom is 0.416 e. The number of ether oxygens (including phenoxy) is 1. The van der Waals surface area contributed by atoms with Crippen LogP contribution in [-0.2, 0) is 15.7 Å². The summed E-state index contributed by atoms with van der Waals surface area (Å²) in [5.74, 6) is 0.143. The summed E-state index contributed by atoms with van der Waals surface area (Å²) in [6.45, 7) is 10.2. The van der Waals surface area contributed by atoms with E-state index in [1.165, 1.54) is 12.1 Å². The number of rotatable bonds is 6. The van der Waals surface area contributed by atoms with Crippen LogP contribution >= 0.6 is 0 Å². The number of alkyl halides is 3. The van der Waals surface area contributed by atoms with Crippen LogP contribution in [0.2, 0.25) is 0 Å². The van der Waals surface area contributed by atoms with Crippen molar-refractivity contribution in [2.45, 2.75) is 96.4 Å². The molecule has 0 radical (unpaired) electrons. The molecule has 2 bridgehead atoms. The molecule has 3 fully saturated rings. The molecule has 0 N–H and O–H groups in total. The number of hydrogen-bond donors (Lipinski definition) is 0. The molecule has 0 unspecified atom stereocenters. The molecule has 0 saturated heterocycles. The molecule has 1 aromatic carbocycles. The third-order valence-corrected chi connectivity index (χ3v) is 7.34. The standard InChI is InChI=1S/C26H36F3NO3/c1-18(2)10-15-30(22(32)33-23(3,4)5)25-13-11-24(17-31,12-14-25)16-21(25)19-6-8-20(9-7-19)26(27,28)29/h6-9,17-18,21H,10-16H2,1-5H3/t21-,24?,25?/m0/s1. The van der Waals surface area contributed by atoms with Crippen molar-refractivity contribution in [2.75, 3.05) is 6.54 Å². The van der Waals surface area contributed by atoms with Crippen LogP contribution in [0.5, 0.6) is 0 Å². The summed E-state index contributed by atoms with van der Waals surface area (Å²) in [5.41, 5.74) is -1.68. The average molecular weight is 468 g/mol. The van der Waals surface area contributed by atoms with Gasteiger partial charge in [-0.25, -0.2) is 4.79 Å². The largest absolute Gasteiger partial charge is 0.444 e. The second-order valence-corrected chi connectivity index (χ2v) is 11.3. The third kappa shape index (κ3) is 5.38. The van der Waals surface area contributed by atoms with Gasteiger partial charge in [0.15, 0.2) is 0 Å². The second-order valence-electron chi connectivity index (χ2n) is 11.3. The first kappa shape index (κ1) is 25.6. The van der Waals surface area contributed by atoms with Gasteiger partial charge in [-0.1, -0.05) is 26.0 Å². The van der Waals surface area contributed by atoms with E-state index in [4.69, 9.17) is 4.74 Å². The fourth-order valence-corrected chi connectivity index (χ4v) is 5.49. The van der Waals surface area contributed by atoms with Gasteiger partial charge in [0.05, 0.1) is 11.1 Å². The van der Waals surface area contributed by atoms with Crippen molar-refractivity contribution in [3.05, 3.63) is 35.4 Å². The third-order valence-electron chi connectivity index (χ3n) is 7.34. The lowest BCUT2D eigenvalue weighted by Gasteiger charge is -2.60. The number of halogens is 3. The molecule has 0 aliphatic heterocycles. The SMILES string of the molecule is CC(C)CCN(C(=O)OC(C)(C)C)C12CCC(C=O)(CC1)C[C@H]2c1ccc(C(F)(F)F)cc1. The van der Waals surface area contributed by atoms with E-state index in [1.54, 1.807) is 0 Å². The zero-order valence-corrected chi connectivity index (χ0v) is 20.3. The van der Waals surface area contributed by atoms with E-state index in [0.29, 0.717) is 44.6 Å². The molecule has 0 aromatic heterocycles. The van der Waals surface area contributed by atoms with Crippen molar-refractivity contribution in [2.24, 2.45) is 11.3 Å². The molecule has 184 valence electrons. The lowest BCUT2D eigenvalue weighted by molar-refractivity contribution is -0.137. The second kappa shape index (κ2) is 8.95. The molecule has 1 amide bonds. The van der Waals surface area contributed by atoms with E-state index >= 15 is 0 Å². The summed E-state index contributed by atoms with van der Waals surface area (Å²) < 4.78 is 45.3. The Kier molecular flexibility index (Phi) is 6.94. The van der Waals surface area contributed by atoms with E-state index < -0.39 is 28.3 Å². The van der Waals surface area contributed by atoms with Gasteiger partial charge in [0.25, 0.3) is 0 Å². The highest BCUT2D eigenvalue weighted by Crippen LogP contribution is 2.60. The molecule has 4 rings (SSSR count). The molecule has 7 heteroatoms. The molecule has 3 saturated carbocycles. The number of fused-ring (bicyclic) bond motifs is 3. The van der Waals surface area contributed by atoms with Crippen LogP contribution in [0.3, 0.4) is 0 Å². The Morgan fingerprint density at radius 2 is 1.70 bits per heavy atom. The summed E-state index contributed by atoms with van der Waals surface area (Å²) in [4.78, 5) is 27.3. The topological polar surface area (TPSA) is 46.6 Å². The van der Waals surface area contributed by atoms with Crippen molar-refractivity contribution >= 4 is 12.4 Å². The van der Waals surface area contributed by atoms with Crippen molar-refractivity contribution in [3.8, 4) is 0 Å². The highest BCUT2D eigenvalue weighted by molar-refractivity contribution is 5.70. The summed E-state index contributed by atoms with van der Waals surface area (Å²) in [6.07, 6.45) is 0.167. The maximum atomic E-state index is 13.4. The molecule has 1 atom stereocenters. The van der Waals surface area contributed by atoms with Crippen LogP contribution in [0.1, 0.15) is 90.2 Å². The van der Waals surface area contributed by atoms with Crippen molar-refractivity contribution in [1.29, 1.82) is 0 Å². The van der Waals surface area contributed by atoms with Crippen molar-refractivity contribution in [3.63, 3.8) is 0 Å². The predicted octanol–water partition coefficient (Wildman–Crippen LogP) is 6.97. The Morgan fingerprint density at radius 3 is 2.15 bits per heavy atom. The molecular formula is C26H36F3NO3. The van der Waals surface area contributed by atoms with E-state index in [-0.39, 0.29) is 12.0 Å². The quantitative estimate of drug-likeness (QED) is 0.424. The minimum absolute atomic E-state index is 0.229. The number of hydrogen-bond acceptors (Lipinski definition) is 3. The maximum absolute atomic E-state index is 13.4. The zero-order chi connectivity index (χ0) is 24.7. The predicted molar refractivity (Wildman–Crippen MR) is 121 cm³/mol. The molecule has 1 aromatic rings. The molecule has 3 aliphatic rings. The molecular weight excluding hydrogens is 431 g/mol. The monoisotopic (exact) mass is 467 g/mol. The fraction of sp³-hybridized carbons (Fsp3) is 0.692.